The monoisotopic (exact) mass is 303 g/mol. The third kappa shape index (κ3) is 3.36. The number of rotatable bonds is 4. The van der Waals surface area contributed by atoms with Gasteiger partial charge in [-0.3, -0.25) is 4.79 Å². The summed E-state index contributed by atoms with van der Waals surface area (Å²) in [5.41, 5.74) is 0.438. The summed E-state index contributed by atoms with van der Waals surface area (Å²) in [6.07, 6.45) is 0.912. The normalized spacial score (nSPS) is 15.0. The number of hydrogen-bond acceptors (Lipinski definition) is 3. The minimum atomic E-state index is -0.312. The molecule has 1 aliphatic rings. The van der Waals surface area contributed by atoms with Crippen molar-refractivity contribution in [3.8, 4) is 11.3 Å². The van der Waals surface area contributed by atoms with Crippen LogP contribution in [0.25, 0.3) is 11.3 Å². The van der Waals surface area contributed by atoms with E-state index in [-0.39, 0.29) is 11.7 Å². The molecule has 1 fully saturated rings. The van der Waals surface area contributed by atoms with Crippen molar-refractivity contribution >= 4 is 5.91 Å². The lowest BCUT2D eigenvalue weighted by molar-refractivity contribution is -0.135. The van der Waals surface area contributed by atoms with Crippen LogP contribution >= 0.6 is 0 Å². The quantitative estimate of drug-likeness (QED) is 0.872. The fraction of sp³-hybridized carbons (Fsp3) is 0.353. The van der Waals surface area contributed by atoms with E-state index in [1.165, 1.54) is 6.07 Å². The Kier molecular flexibility index (Phi) is 4.53. The van der Waals surface area contributed by atoms with Crippen molar-refractivity contribution in [2.24, 2.45) is 0 Å². The van der Waals surface area contributed by atoms with Gasteiger partial charge in [-0.1, -0.05) is 12.1 Å². The van der Waals surface area contributed by atoms with Crippen molar-refractivity contribution < 1.29 is 18.3 Å². The highest BCUT2D eigenvalue weighted by Gasteiger charge is 2.17. The largest absolute Gasteiger partial charge is 0.461 e. The number of amides is 1. The van der Waals surface area contributed by atoms with E-state index in [1.54, 1.807) is 30.3 Å². The van der Waals surface area contributed by atoms with Gasteiger partial charge in [0.25, 0.3) is 0 Å². The zero-order chi connectivity index (χ0) is 15.4. The minimum Gasteiger partial charge on any atom is -0.461 e. The second-order valence-corrected chi connectivity index (χ2v) is 5.24. The number of hydrogen-bond donors (Lipinski definition) is 0. The van der Waals surface area contributed by atoms with E-state index in [1.807, 2.05) is 4.90 Å². The molecule has 4 nitrogen and oxygen atoms in total. The molecule has 116 valence electrons. The minimum absolute atomic E-state index is 0.104. The Morgan fingerprint density at radius 3 is 2.68 bits per heavy atom. The number of carbonyl (C=O) groups excluding carboxylic acids is 1. The summed E-state index contributed by atoms with van der Waals surface area (Å²) in [4.78, 5) is 13.9. The molecule has 0 radical (unpaired) electrons. The Bertz CT molecular complexity index is 647. The molecule has 1 amide bonds. The zero-order valence-corrected chi connectivity index (χ0v) is 12.3. The van der Waals surface area contributed by atoms with Crippen LogP contribution in [0, 0.1) is 5.82 Å². The van der Waals surface area contributed by atoms with Gasteiger partial charge < -0.3 is 14.1 Å². The second-order valence-electron chi connectivity index (χ2n) is 5.24. The number of ether oxygens (including phenoxy) is 1. The molecule has 1 aromatic carbocycles. The summed E-state index contributed by atoms with van der Waals surface area (Å²) in [5, 5.41) is 0. The number of benzene rings is 1. The van der Waals surface area contributed by atoms with Gasteiger partial charge >= 0.3 is 0 Å². The third-order valence-electron chi connectivity index (χ3n) is 3.75. The second kappa shape index (κ2) is 6.75. The van der Waals surface area contributed by atoms with E-state index in [9.17, 15) is 9.18 Å². The van der Waals surface area contributed by atoms with Gasteiger partial charge in [0, 0.05) is 25.9 Å². The lowest BCUT2D eigenvalue weighted by Crippen LogP contribution is -2.40. The number of morpholine rings is 1. The van der Waals surface area contributed by atoms with E-state index in [0.29, 0.717) is 56.2 Å². The summed E-state index contributed by atoms with van der Waals surface area (Å²) < 4.78 is 24.6. The van der Waals surface area contributed by atoms with Gasteiger partial charge in [0.1, 0.15) is 17.3 Å². The van der Waals surface area contributed by atoms with Crippen LogP contribution in [0.2, 0.25) is 0 Å². The fourth-order valence-electron chi connectivity index (χ4n) is 2.52. The molecule has 0 bridgehead atoms. The molecule has 5 heteroatoms. The summed E-state index contributed by atoms with van der Waals surface area (Å²) in [5.74, 6) is 0.978. The van der Waals surface area contributed by atoms with Crippen molar-refractivity contribution in [2.45, 2.75) is 12.8 Å². The first kappa shape index (κ1) is 14.8. The van der Waals surface area contributed by atoms with E-state index in [4.69, 9.17) is 9.15 Å². The molecule has 2 aromatic rings. The Balaban J connectivity index is 1.60. The number of halogens is 1. The van der Waals surface area contributed by atoms with E-state index >= 15 is 0 Å². The molecule has 3 rings (SSSR count). The maximum atomic E-state index is 13.7. The van der Waals surface area contributed by atoms with Crippen LogP contribution in [0.4, 0.5) is 4.39 Å². The van der Waals surface area contributed by atoms with Gasteiger partial charge in [-0.15, -0.1) is 0 Å². The Hall–Kier alpha value is -2.14. The van der Waals surface area contributed by atoms with E-state index < -0.39 is 0 Å². The lowest BCUT2D eigenvalue weighted by Gasteiger charge is -2.26. The third-order valence-corrected chi connectivity index (χ3v) is 3.75. The van der Waals surface area contributed by atoms with Crippen LogP contribution < -0.4 is 0 Å². The van der Waals surface area contributed by atoms with Gasteiger partial charge in [0.2, 0.25) is 5.91 Å². The standard InChI is InChI=1S/C17H18FNO3/c18-15-4-2-1-3-14(15)16-7-5-13(22-16)6-8-17(20)19-9-11-21-12-10-19/h1-5,7H,6,8-12H2. The van der Waals surface area contributed by atoms with Gasteiger partial charge in [0.15, 0.2) is 0 Å². The first-order chi connectivity index (χ1) is 10.7. The molecule has 1 aliphatic heterocycles. The maximum absolute atomic E-state index is 13.7. The highest BCUT2D eigenvalue weighted by atomic mass is 19.1. The predicted octanol–water partition coefficient (Wildman–Crippen LogP) is 2.88. The first-order valence-corrected chi connectivity index (χ1v) is 7.43. The molecule has 0 saturated carbocycles. The molecule has 2 heterocycles. The number of aryl methyl sites for hydroxylation is 1. The fourth-order valence-corrected chi connectivity index (χ4v) is 2.52. The molecule has 22 heavy (non-hydrogen) atoms. The molecular formula is C17H18FNO3. The SMILES string of the molecule is O=C(CCc1ccc(-c2ccccc2F)o1)N1CCOCC1. The Morgan fingerprint density at radius 2 is 1.91 bits per heavy atom. The van der Waals surface area contributed by atoms with Crippen LogP contribution in [0.5, 0.6) is 0 Å². The smallest absolute Gasteiger partial charge is 0.223 e. The molecule has 0 atom stereocenters. The van der Waals surface area contributed by atoms with Crippen molar-refractivity contribution in [2.75, 3.05) is 26.3 Å². The average molecular weight is 303 g/mol. The molecule has 0 unspecified atom stereocenters. The number of nitrogens with zero attached hydrogens (tertiary/aromatic N) is 1. The number of carbonyl (C=O) groups is 1. The molecule has 1 aromatic heterocycles. The van der Waals surface area contributed by atoms with Crippen LogP contribution in [-0.4, -0.2) is 37.1 Å². The maximum Gasteiger partial charge on any atom is 0.223 e. The Morgan fingerprint density at radius 1 is 1.14 bits per heavy atom. The molecular weight excluding hydrogens is 285 g/mol. The summed E-state index contributed by atoms with van der Waals surface area (Å²) in [6, 6.07) is 10.0. The summed E-state index contributed by atoms with van der Waals surface area (Å²) >= 11 is 0. The highest BCUT2D eigenvalue weighted by Crippen LogP contribution is 2.25. The van der Waals surface area contributed by atoms with Gasteiger partial charge in [0.05, 0.1) is 18.8 Å². The van der Waals surface area contributed by atoms with E-state index in [0.717, 1.165) is 0 Å². The van der Waals surface area contributed by atoms with Crippen molar-refractivity contribution in [1.82, 2.24) is 4.90 Å². The Labute approximate surface area is 128 Å². The average Bonchev–Trinajstić information content (AvgIpc) is 3.02. The predicted molar refractivity (Wildman–Crippen MR) is 79.8 cm³/mol. The van der Waals surface area contributed by atoms with Crippen LogP contribution in [0.15, 0.2) is 40.8 Å². The van der Waals surface area contributed by atoms with Crippen molar-refractivity contribution in [1.29, 1.82) is 0 Å². The summed E-state index contributed by atoms with van der Waals surface area (Å²) in [7, 11) is 0. The first-order valence-electron chi connectivity index (χ1n) is 7.43. The topological polar surface area (TPSA) is 42.7 Å². The van der Waals surface area contributed by atoms with Crippen LogP contribution in [0.3, 0.4) is 0 Å². The molecule has 0 aliphatic carbocycles. The van der Waals surface area contributed by atoms with Crippen molar-refractivity contribution in [3.63, 3.8) is 0 Å². The van der Waals surface area contributed by atoms with Gasteiger partial charge in [-0.25, -0.2) is 4.39 Å². The van der Waals surface area contributed by atoms with Gasteiger partial charge in [-0.05, 0) is 24.3 Å². The lowest BCUT2D eigenvalue weighted by atomic mass is 10.1. The van der Waals surface area contributed by atoms with Crippen molar-refractivity contribution in [3.05, 3.63) is 48.0 Å². The zero-order valence-electron chi connectivity index (χ0n) is 12.3. The molecule has 0 N–H and O–H groups in total. The highest BCUT2D eigenvalue weighted by molar-refractivity contribution is 5.76. The summed E-state index contributed by atoms with van der Waals surface area (Å²) in [6.45, 7) is 2.50. The van der Waals surface area contributed by atoms with Crippen LogP contribution in [0.1, 0.15) is 12.2 Å². The number of furan rings is 1. The van der Waals surface area contributed by atoms with E-state index in [2.05, 4.69) is 0 Å². The molecule has 1 saturated heterocycles. The van der Waals surface area contributed by atoms with Crippen LogP contribution in [-0.2, 0) is 16.0 Å². The van der Waals surface area contributed by atoms with Gasteiger partial charge in [-0.2, -0.15) is 0 Å². The molecule has 0 spiro atoms.